The van der Waals surface area contributed by atoms with Crippen molar-refractivity contribution in [1.29, 1.82) is 0 Å². The number of carbonyl (C=O) groups excluding carboxylic acids is 1. The van der Waals surface area contributed by atoms with E-state index in [-0.39, 0.29) is 11.3 Å². The highest BCUT2D eigenvalue weighted by Gasteiger charge is 2.32. The lowest BCUT2D eigenvalue weighted by Gasteiger charge is -2.38. The zero-order valence-corrected chi connectivity index (χ0v) is 11.3. The van der Waals surface area contributed by atoms with Gasteiger partial charge in [-0.15, -0.1) is 0 Å². The van der Waals surface area contributed by atoms with E-state index < -0.39 is 0 Å². The van der Waals surface area contributed by atoms with Crippen molar-refractivity contribution in [2.75, 3.05) is 30.4 Å². The standard InChI is InChI=1S/C13H17ClN2O2/c1-9(17)16-12-4-3-10(5-11(12)14)15-6-13(2)7-18-8-13/h3-5,15H,6-8H2,1-2H3,(H,16,17). The first-order valence-corrected chi connectivity index (χ1v) is 6.25. The van der Waals surface area contributed by atoms with Gasteiger partial charge in [-0.05, 0) is 18.2 Å². The average Bonchev–Trinajstić information content (AvgIpc) is 2.26. The van der Waals surface area contributed by atoms with E-state index in [1.165, 1.54) is 6.92 Å². The molecule has 18 heavy (non-hydrogen) atoms. The van der Waals surface area contributed by atoms with Gasteiger partial charge in [0.05, 0.1) is 23.9 Å². The molecule has 98 valence electrons. The molecule has 0 aliphatic carbocycles. The van der Waals surface area contributed by atoms with Gasteiger partial charge in [0.25, 0.3) is 0 Å². The molecule has 0 radical (unpaired) electrons. The average molecular weight is 269 g/mol. The topological polar surface area (TPSA) is 50.4 Å². The van der Waals surface area contributed by atoms with Gasteiger partial charge in [-0.1, -0.05) is 18.5 Å². The Morgan fingerprint density at radius 3 is 2.72 bits per heavy atom. The van der Waals surface area contributed by atoms with Gasteiger partial charge in [0.15, 0.2) is 0 Å². The summed E-state index contributed by atoms with van der Waals surface area (Å²) < 4.78 is 5.20. The van der Waals surface area contributed by atoms with E-state index in [0.717, 1.165) is 25.4 Å². The summed E-state index contributed by atoms with van der Waals surface area (Å²) in [5.74, 6) is -0.128. The number of halogens is 1. The van der Waals surface area contributed by atoms with Crippen molar-refractivity contribution < 1.29 is 9.53 Å². The quantitative estimate of drug-likeness (QED) is 0.883. The minimum Gasteiger partial charge on any atom is -0.384 e. The molecule has 1 aromatic rings. The summed E-state index contributed by atoms with van der Waals surface area (Å²) in [5, 5.41) is 6.54. The first-order chi connectivity index (χ1) is 8.48. The monoisotopic (exact) mass is 268 g/mol. The highest BCUT2D eigenvalue weighted by Crippen LogP contribution is 2.29. The first-order valence-electron chi connectivity index (χ1n) is 5.87. The summed E-state index contributed by atoms with van der Waals surface area (Å²) in [5.41, 5.74) is 1.79. The molecule has 1 aliphatic rings. The molecule has 2 N–H and O–H groups in total. The second-order valence-corrected chi connectivity index (χ2v) is 5.44. The van der Waals surface area contributed by atoms with Crippen molar-refractivity contribution in [3.63, 3.8) is 0 Å². The molecular formula is C13H17ClN2O2. The van der Waals surface area contributed by atoms with Crippen molar-refractivity contribution in [2.45, 2.75) is 13.8 Å². The lowest BCUT2D eigenvalue weighted by atomic mass is 9.89. The molecule has 0 saturated carbocycles. The van der Waals surface area contributed by atoms with Gasteiger partial charge < -0.3 is 15.4 Å². The third kappa shape index (κ3) is 3.15. The minimum absolute atomic E-state index is 0.128. The van der Waals surface area contributed by atoms with E-state index in [4.69, 9.17) is 16.3 Å². The van der Waals surface area contributed by atoms with Crippen molar-refractivity contribution in [2.24, 2.45) is 5.41 Å². The highest BCUT2D eigenvalue weighted by molar-refractivity contribution is 6.34. The maximum Gasteiger partial charge on any atom is 0.221 e. The predicted octanol–water partition coefficient (Wildman–Crippen LogP) is 2.75. The summed E-state index contributed by atoms with van der Waals surface area (Å²) in [6.45, 7) is 6.06. The van der Waals surface area contributed by atoms with Crippen LogP contribution in [0.1, 0.15) is 13.8 Å². The van der Waals surface area contributed by atoms with E-state index in [0.29, 0.717) is 10.7 Å². The molecule has 0 atom stereocenters. The van der Waals surface area contributed by atoms with Crippen LogP contribution in [0.5, 0.6) is 0 Å². The highest BCUT2D eigenvalue weighted by atomic mass is 35.5. The van der Waals surface area contributed by atoms with Gasteiger partial charge in [0.1, 0.15) is 0 Å². The van der Waals surface area contributed by atoms with Crippen LogP contribution in [0.3, 0.4) is 0 Å². The number of hydrogen-bond donors (Lipinski definition) is 2. The van der Waals surface area contributed by atoms with Crippen molar-refractivity contribution in [3.05, 3.63) is 23.2 Å². The molecule has 4 nitrogen and oxygen atoms in total. The second kappa shape index (κ2) is 5.16. The van der Waals surface area contributed by atoms with E-state index in [2.05, 4.69) is 17.6 Å². The SMILES string of the molecule is CC(=O)Nc1ccc(NCC2(C)COC2)cc1Cl. The molecule has 0 unspecified atom stereocenters. The maximum atomic E-state index is 11.0. The Hall–Kier alpha value is -1.26. The van der Waals surface area contributed by atoms with Crippen LogP contribution < -0.4 is 10.6 Å². The molecule has 0 bridgehead atoms. The van der Waals surface area contributed by atoms with Crippen LogP contribution in [0.2, 0.25) is 5.02 Å². The molecule has 2 rings (SSSR count). The molecule has 0 spiro atoms. The van der Waals surface area contributed by atoms with Gasteiger partial charge >= 0.3 is 0 Å². The van der Waals surface area contributed by atoms with E-state index in [1.54, 1.807) is 6.07 Å². The smallest absolute Gasteiger partial charge is 0.221 e. The summed E-state index contributed by atoms with van der Waals surface area (Å²) in [6, 6.07) is 5.52. The lowest BCUT2D eigenvalue weighted by molar-refractivity contribution is -0.114. The Bertz CT molecular complexity index is 458. The van der Waals surface area contributed by atoms with Crippen LogP contribution >= 0.6 is 11.6 Å². The number of nitrogens with one attached hydrogen (secondary N) is 2. The number of amides is 1. The van der Waals surface area contributed by atoms with Gasteiger partial charge in [0.2, 0.25) is 5.91 Å². The van der Waals surface area contributed by atoms with Crippen LogP contribution in [-0.4, -0.2) is 25.7 Å². The Labute approximate surface area is 112 Å². The molecule has 1 aliphatic heterocycles. The van der Waals surface area contributed by atoms with Crippen molar-refractivity contribution >= 4 is 28.9 Å². The second-order valence-electron chi connectivity index (χ2n) is 5.03. The molecule has 5 heteroatoms. The lowest BCUT2D eigenvalue weighted by Crippen LogP contribution is -2.45. The predicted molar refractivity (Wildman–Crippen MR) is 73.2 cm³/mol. The largest absolute Gasteiger partial charge is 0.384 e. The molecule has 1 amide bonds. The van der Waals surface area contributed by atoms with Gasteiger partial charge in [0, 0.05) is 24.6 Å². The summed E-state index contributed by atoms with van der Waals surface area (Å²) in [7, 11) is 0. The number of carbonyl (C=O) groups is 1. The fourth-order valence-corrected chi connectivity index (χ4v) is 2.01. The number of hydrogen-bond acceptors (Lipinski definition) is 3. The van der Waals surface area contributed by atoms with E-state index in [1.807, 2.05) is 12.1 Å². The number of anilines is 2. The molecular weight excluding hydrogens is 252 g/mol. The molecule has 1 heterocycles. The fraction of sp³-hybridized carbons (Fsp3) is 0.462. The van der Waals surface area contributed by atoms with Crippen LogP contribution in [0.15, 0.2) is 18.2 Å². The number of benzene rings is 1. The maximum absolute atomic E-state index is 11.0. The zero-order chi connectivity index (χ0) is 13.2. The number of rotatable bonds is 4. The zero-order valence-electron chi connectivity index (χ0n) is 10.5. The minimum atomic E-state index is -0.128. The number of ether oxygens (including phenoxy) is 1. The Morgan fingerprint density at radius 2 is 2.22 bits per heavy atom. The van der Waals surface area contributed by atoms with E-state index in [9.17, 15) is 4.79 Å². The first kappa shape index (κ1) is 13.2. The van der Waals surface area contributed by atoms with Crippen LogP contribution in [-0.2, 0) is 9.53 Å². The normalized spacial score (nSPS) is 16.8. The molecule has 1 fully saturated rings. The van der Waals surface area contributed by atoms with Gasteiger partial charge in [-0.2, -0.15) is 0 Å². The third-order valence-corrected chi connectivity index (χ3v) is 3.21. The van der Waals surface area contributed by atoms with Gasteiger partial charge in [-0.25, -0.2) is 0 Å². The van der Waals surface area contributed by atoms with Crippen LogP contribution in [0.25, 0.3) is 0 Å². The molecule has 1 saturated heterocycles. The van der Waals surface area contributed by atoms with Crippen molar-refractivity contribution in [1.82, 2.24) is 0 Å². The Morgan fingerprint density at radius 1 is 1.50 bits per heavy atom. The van der Waals surface area contributed by atoms with Crippen molar-refractivity contribution in [3.8, 4) is 0 Å². The molecule has 1 aromatic carbocycles. The summed E-state index contributed by atoms with van der Waals surface area (Å²) >= 11 is 6.09. The van der Waals surface area contributed by atoms with Gasteiger partial charge in [-0.3, -0.25) is 4.79 Å². The summed E-state index contributed by atoms with van der Waals surface area (Å²) in [4.78, 5) is 11.0. The third-order valence-electron chi connectivity index (χ3n) is 2.90. The summed E-state index contributed by atoms with van der Waals surface area (Å²) in [6.07, 6.45) is 0. The Balaban J connectivity index is 1.97. The fourth-order valence-electron chi connectivity index (χ4n) is 1.78. The molecule has 0 aromatic heterocycles. The Kier molecular flexibility index (Phi) is 3.78. The van der Waals surface area contributed by atoms with E-state index >= 15 is 0 Å². The van der Waals surface area contributed by atoms with Crippen LogP contribution in [0, 0.1) is 5.41 Å². The van der Waals surface area contributed by atoms with Crippen LogP contribution in [0.4, 0.5) is 11.4 Å².